The molecule has 0 bridgehead atoms. The van der Waals surface area contributed by atoms with E-state index in [4.69, 9.17) is 0 Å². The number of ketones is 1. The van der Waals surface area contributed by atoms with Gasteiger partial charge in [0, 0.05) is 11.6 Å². The number of carbonyl (C=O) groups is 1. The Kier molecular flexibility index (Phi) is 2.21. The summed E-state index contributed by atoms with van der Waals surface area (Å²) >= 11 is 1.59. The first-order chi connectivity index (χ1) is 6.68. The van der Waals surface area contributed by atoms with E-state index in [0.717, 1.165) is 16.3 Å². The van der Waals surface area contributed by atoms with Gasteiger partial charge in [0.15, 0.2) is 10.7 Å². The van der Waals surface area contributed by atoms with E-state index in [-0.39, 0.29) is 5.78 Å². The van der Waals surface area contributed by atoms with Crippen LogP contribution in [0.3, 0.4) is 0 Å². The second kappa shape index (κ2) is 3.38. The number of thiazole rings is 1. The molecule has 2 aromatic heterocycles. The summed E-state index contributed by atoms with van der Waals surface area (Å²) in [5.74, 6) is 0.0505. The van der Waals surface area contributed by atoms with Gasteiger partial charge in [-0.2, -0.15) is 0 Å². The zero-order chi connectivity index (χ0) is 10.1. The molecule has 0 saturated heterocycles. The standard InChI is InChI=1S/C10H10N2OS/c1-7(13)3-4-9-8(2)11-10-12(9)5-6-14-10/h3-6H,1-2H3/b4-3+. The molecule has 2 heterocycles. The van der Waals surface area contributed by atoms with Crippen molar-refractivity contribution in [2.45, 2.75) is 13.8 Å². The smallest absolute Gasteiger partial charge is 0.194 e. The van der Waals surface area contributed by atoms with Crippen LogP contribution in [-0.2, 0) is 4.79 Å². The largest absolute Gasteiger partial charge is 0.295 e. The molecule has 0 aliphatic carbocycles. The number of hydrogen-bond donors (Lipinski definition) is 0. The van der Waals surface area contributed by atoms with Crippen molar-refractivity contribution in [3.8, 4) is 0 Å². The average molecular weight is 206 g/mol. The number of imidazole rings is 1. The van der Waals surface area contributed by atoms with E-state index in [2.05, 4.69) is 4.98 Å². The second-order valence-electron chi connectivity index (χ2n) is 3.08. The van der Waals surface area contributed by atoms with Gasteiger partial charge in [0.25, 0.3) is 0 Å². The highest BCUT2D eigenvalue weighted by molar-refractivity contribution is 7.15. The summed E-state index contributed by atoms with van der Waals surface area (Å²) in [5.41, 5.74) is 1.94. The van der Waals surface area contributed by atoms with Crippen LogP contribution in [0.25, 0.3) is 11.0 Å². The van der Waals surface area contributed by atoms with Gasteiger partial charge in [-0.25, -0.2) is 4.98 Å². The Bertz CT molecular complexity index is 507. The van der Waals surface area contributed by atoms with E-state index >= 15 is 0 Å². The Morgan fingerprint density at radius 2 is 2.43 bits per heavy atom. The van der Waals surface area contributed by atoms with Crippen molar-refractivity contribution in [1.29, 1.82) is 0 Å². The van der Waals surface area contributed by atoms with Crippen LogP contribution in [0.4, 0.5) is 0 Å². The number of rotatable bonds is 2. The SMILES string of the molecule is CC(=O)/C=C/c1c(C)nc2sccn12. The lowest BCUT2D eigenvalue weighted by atomic mass is 10.3. The van der Waals surface area contributed by atoms with Crippen LogP contribution >= 0.6 is 11.3 Å². The van der Waals surface area contributed by atoms with E-state index in [1.165, 1.54) is 6.92 Å². The zero-order valence-electron chi connectivity index (χ0n) is 8.02. The van der Waals surface area contributed by atoms with Crippen molar-refractivity contribution in [3.05, 3.63) is 29.0 Å². The molecular formula is C10H10N2OS. The van der Waals surface area contributed by atoms with Crippen molar-refractivity contribution >= 4 is 28.2 Å². The third-order valence-electron chi connectivity index (χ3n) is 1.96. The lowest BCUT2D eigenvalue weighted by molar-refractivity contribution is -0.112. The Hall–Kier alpha value is -1.42. The molecule has 4 heteroatoms. The van der Waals surface area contributed by atoms with Crippen LogP contribution in [0.5, 0.6) is 0 Å². The van der Waals surface area contributed by atoms with Gasteiger partial charge >= 0.3 is 0 Å². The van der Waals surface area contributed by atoms with Gasteiger partial charge in [-0.05, 0) is 26.0 Å². The van der Waals surface area contributed by atoms with Gasteiger partial charge in [0.1, 0.15) is 0 Å². The first-order valence-corrected chi connectivity index (χ1v) is 5.17. The van der Waals surface area contributed by atoms with Crippen molar-refractivity contribution in [1.82, 2.24) is 9.38 Å². The maximum Gasteiger partial charge on any atom is 0.194 e. The highest BCUT2D eigenvalue weighted by Gasteiger charge is 2.05. The van der Waals surface area contributed by atoms with Crippen LogP contribution < -0.4 is 0 Å². The minimum Gasteiger partial charge on any atom is -0.295 e. The predicted octanol–water partition coefficient (Wildman–Crippen LogP) is 2.31. The summed E-state index contributed by atoms with van der Waals surface area (Å²) in [5, 5.41) is 1.98. The third-order valence-corrected chi connectivity index (χ3v) is 2.72. The average Bonchev–Trinajstić information content (AvgIpc) is 2.61. The van der Waals surface area contributed by atoms with E-state index in [1.807, 2.05) is 29.0 Å². The van der Waals surface area contributed by atoms with Crippen molar-refractivity contribution in [2.24, 2.45) is 0 Å². The fraction of sp³-hybridized carbons (Fsp3) is 0.200. The van der Waals surface area contributed by atoms with E-state index in [1.54, 1.807) is 17.4 Å². The molecule has 72 valence electrons. The molecule has 0 fully saturated rings. The van der Waals surface area contributed by atoms with Crippen molar-refractivity contribution < 1.29 is 4.79 Å². The molecule has 14 heavy (non-hydrogen) atoms. The van der Waals surface area contributed by atoms with Crippen LogP contribution in [0.1, 0.15) is 18.3 Å². The highest BCUT2D eigenvalue weighted by Crippen LogP contribution is 2.17. The highest BCUT2D eigenvalue weighted by atomic mass is 32.1. The normalized spacial score (nSPS) is 11.6. The maximum absolute atomic E-state index is 10.8. The Morgan fingerprint density at radius 3 is 3.14 bits per heavy atom. The monoisotopic (exact) mass is 206 g/mol. The van der Waals surface area contributed by atoms with Gasteiger partial charge in [0.2, 0.25) is 0 Å². The molecule has 0 atom stereocenters. The third kappa shape index (κ3) is 1.48. The molecule has 0 N–H and O–H groups in total. The molecule has 3 nitrogen and oxygen atoms in total. The molecule has 0 spiro atoms. The maximum atomic E-state index is 10.8. The fourth-order valence-electron chi connectivity index (χ4n) is 1.31. The zero-order valence-corrected chi connectivity index (χ0v) is 8.84. The quantitative estimate of drug-likeness (QED) is 0.707. The number of nitrogens with zero attached hydrogens (tertiary/aromatic N) is 2. The van der Waals surface area contributed by atoms with E-state index < -0.39 is 0 Å². The van der Waals surface area contributed by atoms with E-state index in [0.29, 0.717) is 0 Å². The van der Waals surface area contributed by atoms with Crippen LogP contribution in [0.15, 0.2) is 17.7 Å². The summed E-state index contributed by atoms with van der Waals surface area (Å²) in [7, 11) is 0. The number of aromatic nitrogens is 2. The minimum atomic E-state index is 0.0505. The molecule has 0 amide bonds. The van der Waals surface area contributed by atoms with Crippen molar-refractivity contribution in [2.75, 3.05) is 0 Å². The number of aryl methyl sites for hydroxylation is 1. The lowest BCUT2D eigenvalue weighted by Crippen LogP contribution is -1.85. The van der Waals surface area contributed by atoms with Crippen LogP contribution in [0, 0.1) is 6.92 Å². The number of carbonyl (C=O) groups excluding carboxylic acids is 1. The van der Waals surface area contributed by atoms with Gasteiger partial charge < -0.3 is 0 Å². The summed E-state index contributed by atoms with van der Waals surface area (Å²) in [4.78, 5) is 16.1. The van der Waals surface area contributed by atoms with Gasteiger partial charge in [0.05, 0.1) is 11.4 Å². The molecule has 0 aromatic carbocycles. The number of hydrogen-bond acceptors (Lipinski definition) is 3. The molecule has 0 aliphatic heterocycles. The molecule has 0 radical (unpaired) electrons. The number of allylic oxidation sites excluding steroid dienone is 1. The molecule has 0 saturated carbocycles. The predicted molar refractivity (Wildman–Crippen MR) is 57.5 cm³/mol. The summed E-state index contributed by atoms with van der Waals surface area (Å²) < 4.78 is 1.99. The topological polar surface area (TPSA) is 34.4 Å². The molecular weight excluding hydrogens is 196 g/mol. The fourth-order valence-corrected chi connectivity index (χ4v) is 2.08. The second-order valence-corrected chi connectivity index (χ2v) is 3.96. The first kappa shape index (κ1) is 9.15. The Morgan fingerprint density at radius 1 is 1.64 bits per heavy atom. The van der Waals surface area contributed by atoms with E-state index in [9.17, 15) is 4.79 Å². The molecule has 2 rings (SSSR count). The van der Waals surface area contributed by atoms with Gasteiger partial charge in [-0.1, -0.05) is 0 Å². The summed E-state index contributed by atoms with van der Waals surface area (Å²) in [6.45, 7) is 3.48. The Balaban J connectivity index is 2.54. The molecule has 0 unspecified atom stereocenters. The molecule has 2 aromatic rings. The number of fused-ring (bicyclic) bond motifs is 1. The van der Waals surface area contributed by atoms with Crippen LogP contribution in [-0.4, -0.2) is 15.2 Å². The van der Waals surface area contributed by atoms with Gasteiger partial charge in [-0.3, -0.25) is 9.20 Å². The van der Waals surface area contributed by atoms with Gasteiger partial charge in [-0.15, -0.1) is 11.3 Å². The van der Waals surface area contributed by atoms with Crippen LogP contribution in [0.2, 0.25) is 0 Å². The first-order valence-electron chi connectivity index (χ1n) is 4.29. The minimum absolute atomic E-state index is 0.0505. The molecule has 0 aliphatic rings. The Labute approximate surface area is 85.7 Å². The van der Waals surface area contributed by atoms with Crippen molar-refractivity contribution in [3.63, 3.8) is 0 Å². The summed E-state index contributed by atoms with van der Waals surface area (Å²) in [6, 6.07) is 0. The lowest BCUT2D eigenvalue weighted by Gasteiger charge is -1.90. The summed E-state index contributed by atoms with van der Waals surface area (Å²) in [6.07, 6.45) is 5.33.